The van der Waals surface area contributed by atoms with Crippen molar-refractivity contribution in [2.45, 2.75) is 19.4 Å². The zero-order valence-corrected chi connectivity index (χ0v) is 15.0. The first kappa shape index (κ1) is 15.6. The Kier molecular flexibility index (Phi) is 4.89. The van der Waals surface area contributed by atoms with E-state index in [4.69, 9.17) is 16.3 Å². The van der Waals surface area contributed by atoms with Gasteiger partial charge < -0.3 is 4.74 Å². The summed E-state index contributed by atoms with van der Waals surface area (Å²) in [6.07, 6.45) is 6.33. The topological polar surface area (TPSA) is 9.23 Å². The van der Waals surface area contributed by atoms with Gasteiger partial charge in [-0.2, -0.15) is 0 Å². The predicted molar refractivity (Wildman–Crippen MR) is 102 cm³/mol. The van der Waals surface area contributed by atoms with E-state index in [2.05, 4.69) is 41.3 Å². The monoisotopic (exact) mass is 422 g/mol. The second-order valence-corrected chi connectivity index (χ2v) is 6.77. The second-order valence-electron chi connectivity index (χ2n) is 5.28. The third-order valence-corrected chi connectivity index (χ3v) is 5.07. The van der Waals surface area contributed by atoms with Gasteiger partial charge in [0.2, 0.25) is 0 Å². The molecule has 0 aliphatic heterocycles. The molecule has 1 nitrogen and oxygen atoms in total. The van der Waals surface area contributed by atoms with Crippen molar-refractivity contribution in [1.82, 2.24) is 0 Å². The van der Waals surface area contributed by atoms with Crippen molar-refractivity contribution >= 4 is 45.8 Å². The van der Waals surface area contributed by atoms with Gasteiger partial charge in [0.15, 0.2) is 5.75 Å². The van der Waals surface area contributed by atoms with E-state index in [1.165, 1.54) is 0 Å². The number of ether oxygens (including phenoxy) is 1. The Labute approximate surface area is 149 Å². The molecule has 0 fully saturated rings. The number of allylic oxidation sites excluding steroid dienone is 2. The van der Waals surface area contributed by atoms with Crippen molar-refractivity contribution in [3.63, 3.8) is 0 Å². The zero-order valence-electron chi connectivity index (χ0n) is 12.1. The molecule has 0 heterocycles. The van der Waals surface area contributed by atoms with Crippen LogP contribution in [0.25, 0.3) is 11.6 Å². The Morgan fingerprint density at radius 1 is 1.23 bits per heavy atom. The van der Waals surface area contributed by atoms with Crippen molar-refractivity contribution < 1.29 is 4.74 Å². The molecule has 22 heavy (non-hydrogen) atoms. The molecule has 0 bridgehead atoms. The lowest BCUT2D eigenvalue weighted by Gasteiger charge is -2.16. The zero-order chi connectivity index (χ0) is 15.5. The van der Waals surface area contributed by atoms with Crippen molar-refractivity contribution in [3.8, 4) is 5.75 Å². The molecule has 0 unspecified atom stereocenters. The lowest BCUT2D eigenvalue weighted by molar-refractivity contribution is 0.304. The fraction of sp³-hybridized carbons (Fsp3) is 0.158. The van der Waals surface area contributed by atoms with Crippen LogP contribution in [0.15, 0.2) is 49.1 Å². The summed E-state index contributed by atoms with van der Waals surface area (Å²) in [4.78, 5) is 0. The Bertz CT molecular complexity index is 735. The molecule has 0 amide bonds. The lowest BCUT2D eigenvalue weighted by Crippen LogP contribution is -2.01. The number of hydrogen-bond acceptors (Lipinski definition) is 1. The van der Waals surface area contributed by atoms with Crippen molar-refractivity contribution in [2.24, 2.45) is 0 Å². The molecule has 112 valence electrons. The van der Waals surface area contributed by atoms with E-state index in [1.54, 1.807) is 0 Å². The second kappa shape index (κ2) is 6.88. The van der Waals surface area contributed by atoms with E-state index in [-0.39, 0.29) is 0 Å². The van der Waals surface area contributed by atoms with E-state index in [9.17, 15) is 0 Å². The first-order chi connectivity index (χ1) is 10.7. The van der Waals surface area contributed by atoms with Crippen molar-refractivity contribution in [2.75, 3.05) is 0 Å². The smallest absolute Gasteiger partial charge is 0.152 e. The molecule has 0 aromatic heterocycles. The van der Waals surface area contributed by atoms with Gasteiger partial charge in [0.25, 0.3) is 0 Å². The highest BCUT2D eigenvalue weighted by molar-refractivity contribution is 14.1. The summed E-state index contributed by atoms with van der Waals surface area (Å²) in [5, 5.41) is 0.649. The Morgan fingerprint density at radius 3 is 2.77 bits per heavy atom. The Hall–Kier alpha value is -1.26. The standard InChI is InChI=1S/C19H16ClIO/c1-13-7-5-6-10-15-16(13)11-17(20)19(18(15)21)22-12-14-8-3-2-4-9-14/h2-4,6,8-11H,1,5,7,12H2. The fourth-order valence-electron chi connectivity index (χ4n) is 2.53. The number of fused-ring (bicyclic) bond motifs is 1. The Morgan fingerprint density at radius 2 is 2.00 bits per heavy atom. The van der Waals surface area contributed by atoms with Gasteiger partial charge in [-0.05, 0) is 63.8 Å². The number of rotatable bonds is 3. The molecule has 1 aliphatic rings. The molecular formula is C19H16ClIO. The summed E-state index contributed by atoms with van der Waals surface area (Å²) in [5.74, 6) is 0.754. The molecule has 0 saturated carbocycles. The maximum absolute atomic E-state index is 6.46. The van der Waals surface area contributed by atoms with Crippen molar-refractivity contribution in [1.29, 1.82) is 0 Å². The van der Waals surface area contributed by atoms with Gasteiger partial charge >= 0.3 is 0 Å². The van der Waals surface area contributed by atoms with Crippen LogP contribution in [0.1, 0.15) is 29.5 Å². The quantitative estimate of drug-likeness (QED) is 0.524. The summed E-state index contributed by atoms with van der Waals surface area (Å²) in [6, 6.07) is 12.1. The highest BCUT2D eigenvalue weighted by Crippen LogP contribution is 2.40. The van der Waals surface area contributed by atoms with Gasteiger partial charge in [-0.15, -0.1) is 0 Å². The average Bonchev–Trinajstić information content (AvgIpc) is 2.71. The molecule has 0 atom stereocenters. The molecule has 3 rings (SSSR count). The van der Waals surface area contributed by atoms with E-state index in [0.717, 1.165) is 44.4 Å². The molecule has 0 radical (unpaired) electrons. The third-order valence-electron chi connectivity index (χ3n) is 3.72. The third kappa shape index (κ3) is 3.23. The minimum Gasteiger partial charge on any atom is -0.486 e. The molecular weight excluding hydrogens is 407 g/mol. The van der Waals surface area contributed by atoms with Crippen LogP contribution in [-0.4, -0.2) is 0 Å². The van der Waals surface area contributed by atoms with E-state index in [1.807, 2.05) is 36.4 Å². The predicted octanol–water partition coefficient (Wildman–Crippen LogP) is 6.34. The van der Waals surface area contributed by atoms with E-state index in [0.29, 0.717) is 11.6 Å². The van der Waals surface area contributed by atoms with Gasteiger partial charge in [0.05, 0.1) is 8.59 Å². The first-order valence-electron chi connectivity index (χ1n) is 7.20. The van der Waals surface area contributed by atoms with Crippen molar-refractivity contribution in [3.05, 3.63) is 74.3 Å². The maximum Gasteiger partial charge on any atom is 0.152 e. The van der Waals surface area contributed by atoms with Gasteiger partial charge in [-0.25, -0.2) is 0 Å². The van der Waals surface area contributed by atoms with Crippen LogP contribution in [0.4, 0.5) is 0 Å². The molecule has 1 aliphatic carbocycles. The summed E-state index contributed by atoms with van der Waals surface area (Å²) in [5.41, 5.74) is 4.56. The van der Waals surface area contributed by atoms with E-state index < -0.39 is 0 Å². The number of benzene rings is 2. The normalized spacial score (nSPS) is 13.6. The highest BCUT2D eigenvalue weighted by Gasteiger charge is 2.18. The van der Waals surface area contributed by atoms with Gasteiger partial charge in [-0.1, -0.05) is 60.7 Å². The maximum atomic E-state index is 6.46. The molecule has 2 aromatic rings. The molecule has 0 spiro atoms. The van der Waals surface area contributed by atoms with Crippen LogP contribution in [0, 0.1) is 3.57 Å². The molecule has 2 aromatic carbocycles. The minimum atomic E-state index is 0.514. The molecule has 3 heteroatoms. The first-order valence-corrected chi connectivity index (χ1v) is 8.66. The van der Waals surface area contributed by atoms with Crippen LogP contribution in [-0.2, 0) is 6.61 Å². The van der Waals surface area contributed by atoms with Crippen LogP contribution in [0.2, 0.25) is 5.02 Å². The van der Waals surface area contributed by atoms with Gasteiger partial charge in [0, 0.05) is 0 Å². The lowest BCUT2D eigenvalue weighted by atomic mass is 10.00. The van der Waals surface area contributed by atoms with Crippen LogP contribution < -0.4 is 4.74 Å². The molecule has 0 saturated heterocycles. The highest BCUT2D eigenvalue weighted by atomic mass is 127. The van der Waals surface area contributed by atoms with Crippen LogP contribution in [0.3, 0.4) is 0 Å². The largest absolute Gasteiger partial charge is 0.486 e. The van der Waals surface area contributed by atoms with Gasteiger partial charge in [0.1, 0.15) is 6.61 Å². The van der Waals surface area contributed by atoms with E-state index >= 15 is 0 Å². The number of halogens is 2. The summed E-state index contributed by atoms with van der Waals surface area (Å²) >= 11 is 8.77. The summed E-state index contributed by atoms with van der Waals surface area (Å²) in [7, 11) is 0. The average molecular weight is 423 g/mol. The number of hydrogen-bond donors (Lipinski definition) is 0. The summed E-state index contributed by atoms with van der Waals surface area (Å²) < 4.78 is 7.04. The fourth-order valence-corrected chi connectivity index (χ4v) is 3.86. The SMILES string of the molecule is C=C1CCC=Cc2c1cc(Cl)c(OCc1ccccc1)c2I. The molecule has 0 N–H and O–H groups in total. The summed E-state index contributed by atoms with van der Waals surface area (Å²) in [6.45, 7) is 4.69. The Balaban J connectivity index is 1.95. The van der Waals surface area contributed by atoms with Crippen LogP contribution in [0.5, 0.6) is 5.75 Å². The van der Waals surface area contributed by atoms with Crippen LogP contribution >= 0.6 is 34.2 Å². The minimum absolute atomic E-state index is 0.514. The van der Waals surface area contributed by atoms with Gasteiger partial charge in [-0.3, -0.25) is 0 Å².